The van der Waals surface area contributed by atoms with E-state index in [0.29, 0.717) is 18.9 Å². The van der Waals surface area contributed by atoms with Crippen LogP contribution < -0.4 is 0 Å². The average molecular weight is 292 g/mol. The Kier molecular flexibility index (Phi) is 5.57. The van der Waals surface area contributed by atoms with Crippen molar-refractivity contribution in [2.45, 2.75) is 71.4 Å². The van der Waals surface area contributed by atoms with Gasteiger partial charge in [-0.3, -0.25) is 4.79 Å². The summed E-state index contributed by atoms with van der Waals surface area (Å²) < 4.78 is 8.05. The van der Waals surface area contributed by atoms with E-state index in [1.165, 1.54) is 6.42 Å². The number of ether oxygens (including phenoxy) is 1. The first-order valence-corrected chi connectivity index (χ1v) is 8.28. The lowest BCUT2D eigenvalue weighted by atomic mass is 9.75. The zero-order valence-corrected chi connectivity index (χ0v) is 13.6. The van der Waals surface area contributed by atoms with Crippen molar-refractivity contribution < 1.29 is 9.53 Å². The van der Waals surface area contributed by atoms with Gasteiger partial charge in [0.15, 0.2) is 5.78 Å². The minimum atomic E-state index is -0.574. The first-order valence-electron chi connectivity index (χ1n) is 8.28. The normalized spacial score (nSPS) is 26.0. The molecule has 4 nitrogen and oxygen atoms in total. The van der Waals surface area contributed by atoms with E-state index in [4.69, 9.17) is 4.74 Å². The molecule has 21 heavy (non-hydrogen) atoms. The number of aromatic nitrogens is 2. The Morgan fingerprint density at radius 3 is 3.00 bits per heavy atom. The van der Waals surface area contributed by atoms with Gasteiger partial charge in [-0.2, -0.15) is 0 Å². The summed E-state index contributed by atoms with van der Waals surface area (Å²) >= 11 is 0. The molecule has 118 valence electrons. The summed E-state index contributed by atoms with van der Waals surface area (Å²) in [7, 11) is 0. The van der Waals surface area contributed by atoms with Crippen molar-refractivity contribution >= 4 is 5.78 Å². The number of imidazole rings is 1. The summed E-state index contributed by atoms with van der Waals surface area (Å²) in [5.74, 6) is 1.64. The highest BCUT2D eigenvalue weighted by Crippen LogP contribution is 2.36. The van der Waals surface area contributed by atoms with Gasteiger partial charge in [0.05, 0.1) is 6.42 Å². The van der Waals surface area contributed by atoms with Crippen molar-refractivity contribution in [2.24, 2.45) is 5.92 Å². The molecule has 1 aromatic heterocycles. The summed E-state index contributed by atoms with van der Waals surface area (Å²) in [6, 6.07) is 0. The van der Waals surface area contributed by atoms with Crippen LogP contribution in [0, 0.1) is 5.92 Å². The summed E-state index contributed by atoms with van der Waals surface area (Å²) in [4.78, 5) is 17.3. The Morgan fingerprint density at radius 2 is 2.33 bits per heavy atom. The average Bonchev–Trinajstić information content (AvgIpc) is 2.87. The maximum absolute atomic E-state index is 12.9. The highest BCUT2D eigenvalue weighted by Gasteiger charge is 2.42. The fourth-order valence-electron chi connectivity index (χ4n) is 3.50. The molecule has 0 saturated heterocycles. The van der Waals surface area contributed by atoms with Crippen LogP contribution in [0.1, 0.15) is 58.7 Å². The van der Waals surface area contributed by atoms with Crippen molar-refractivity contribution in [3.05, 3.63) is 18.2 Å². The molecule has 0 amide bonds. The van der Waals surface area contributed by atoms with Crippen LogP contribution in [0.3, 0.4) is 0 Å². The maximum atomic E-state index is 12.9. The summed E-state index contributed by atoms with van der Waals surface area (Å²) in [6.45, 7) is 7.85. The lowest BCUT2D eigenvalue weighted by molar-refractivity contribution is -0.150. The number of rotatable bonds is 7. The third kappa shape index (κ3) is 3.73. The molecule has 0 spiro atoms. The van der Waals surface area contributed by atoms with Gasteiger partial charge < -0.3 is 9.30 Å². The first kappa shape index (κ1) is 16.2. The van der Waals surface area contributed by atoms with Gasteiger partial charge in [-0.05, 0) is 38.5 Å². The maximum Gasteiger partial charge on any atom is 0.172 e. The third-order valence-electron chi connectivity index (χ3n) is 4.47. The number of nitrogens with zero attached hydrogens (tertiary/aromatic N) is 2. The second-order valence-corrected chi connectivity index (χ2v) is 6.27. The van der Waals surface area contributed by atoms with Gasteiger partial charge in [-0.25, -0.2) is 4.98 Å². The summed E-state index contributed by atoms with van der Waals surface area (Å²) in [6.07, 6.45) is 9.18. The molecule has 0 radical (unpaired) electrons. The minimum absolute atomic E-state index is 0.208. The van der Waals surface area contributed by atoms with Gasteiger partial charge in [0, 0.05) is 25.5 Å². The zero-order valence-electron chi connectivity index (χ0n) is 13.6. The molecule has 4 heteroatoms. The minimum Gasteiger partial charge on any atom is -0.367 e. The second-order valence-electron chi connectivity index (χ2n) is 6.27. The number of carbonyl (C=O) groups excluding carboxylic acids is 1. The predicted molar refractivity (Wildman–Crippen MR) is 83.2 cm³/mol. The second kappa shape index (κ2) is 7.21. The Balaban J connectivity index is 2.13. The van der Waals surface area contributed by atoms with Crippen LogP contribution in [0.4, 0.5) is 0 Å². The van der Waals surface area contributed by atoms with E-state index in [9.17, 15) is 4.79 Å². The van der Waals surface area contributed by atoms with Crippen LogP contribution in [0.5, 0.6) is 0 Å². The van der Waals surface area contributed by atoms with Crippen LogP contribution in [-0.4, -0.2) is 27.5 Å². The SMILES string of the molecule is CCCn1ccnc1CC(=O)C1(OCC)CCCC(C)C1. The molecule has 1 saturated carbocycles. The highest BCUT2D eigenvalue weighted by atomic mass is 16.5. The molecule has 1 heterocycles. The largest absolute Gasteiger partial charge is 0.367 e. The molecule has 2 rings (SSSR count). The lowest BCUT2D eigenvalue weighted by Crippen LogP contribution is -2.46. The Morgan fingerprint density at radius 1 is 1.52 bits per heavy atom. The quantitative estimate of drug-likeness (QED) is 0.773. The Bertz CT molecular complexity index is 465. The standard InChI is InChI=1S/C17H28N2O2/c1-4-10-19-11-9-18-16(19)12-15(20)17(21-5-2)8-6-7-14(3)13-17/h9,11,14H,4-8,10,12-13H2,1-3H3. The van der Waals surface area contributed by atoms with Gasteiger partial charge in [-0.15, -0.1) is 0 Å². The topological polar surface area (TPSA) is 44.1 Å². The van der Waals surface area contributed by atoms with E-state index in [1.54, 1.807) is 6.20 Å². The fourth-order valence-corrected chi connectivity index (χ4v) is 3.50. The Labute approximate surface area is 127 Å². The lowest BCUT2D eigenvalue weighted by Gasteiger charge is -2.38. The van der Waals surface area contributed by atoms with Crippen molar-refractivity contribution in [1.29, 1.82) is 0 Å². The Hall–Kier alpha value is -1.16. The number of Topliss-reactive ketones (excluding diaryl/α,β-unsaturated/α-hetero) is 1. The number of carbonyl (C=O) groups is 1. The molecule has 0 aliphatic heterocycles. The molecule has 0 aromatic carbocycles. The van der Waals surface area contributed by atoms with Gasteiger partial charge in [0.1, 0.15) is 11.4 Å². The molecule has 1 fully saturated rings. The number of hydrogen-bond donors (Lipinski definition) is 0. The van der Waals surface area contributed by atoms with Crippen molar-refractivity contribution in [2.75, 3.05) is 6.61 Å². The molecular weight excluding hydrogens is 264 g/mol. The zero-order chi connectivity index (χ0) is 15.3. The van der Waals surface area contributed by atoms with E-state index >= 15 is 0 Å². The van der Waals surface area contributed by atoms with Gasteiger partial charge in [0.2, 0.25) is 0 Å². The van der Waals surface area contributed by atoms with Gasteiger partial charge >= 0.3 is 0 Å². The van der Waals surface area contributed by atoms with Crippen LogP contribution in [0.15, 0.2) is 12.4 Å². The molecule has 2 unspecified atom stereocenters. The van der Waals surface area contributed by atoms with Gasteiger partial charge in [0.25, 0.3) is 0 Å². The van der Waals surface area contributed by atoms with Crippen molar-refractivity contribution in [3.63, 3.8) is 0 Å². The molecule has 0 bridgehead atoms. The summed E-state index contributed by atoms with van der Waals surface area (Å²) in [5.41, 5.74) is -0.574. The number of ketones is 1. The molecule has 1 aliphatic carbocycles. The van der Waals surface area contributed by atoms with E-state index in [2.05, 4.69) is 23.4 Å². The summed E-state index contributed by atoms with van der Waals surface area (Å²) in [5, 5.41) is 0. The predicted octanol–water partition coefficient (Wildman–Crippen LogP) is 3.39. The number of hydrogen-bond acceptors (Lipinski definition) is 3. The molecule has 1 aromatic rings. The van der Waals surface area contributed by atoms with Crippen molar-refractivity contribution in [1.82, 2.24) is 9.55 Å². The van der Waals surface area contributed by atoms with Crippen LogP contribution >= 0.6 is 0 Å². The highest BCUT2D eigenvalue weighted by molar-refractivity contribution is 5.88. The molecule has 0 N–H and O–H groups in total. The molecule has 2 atom stereocenters. The molecular formula is C17H28N2O2. The van der Waals surface area contributed by atoms with E-state index < -0.39 is 5.60 Å². The van der Waals surface area contributed by atoms with Gasteiger partial charge in [-0.1, -0.05) is 20.3 Å². The third-order valence-corrected chi connectivity index (χ3v) is 4.47. The monoisotopic (exact) mass is 292 g/mol. The molecule has 1 aliphatic rings. The number of aryl methyl sites for hydroxylation is 1. The first-order chi connectivity index (χ1) is 10.1. The van der Waals surface area contributed by atoms with Crippen LogP contribution in [0.25, 0.3) is 0 Å². The van der Waals surface area contributed by atoms with E-state index in [0.717, 1.165) is 38.1 Å². The smallest absolute Gasteiger partial charge is 0.172 e. The van der Waals surface area contributed by atoms with E-state index in [-0.39, 0.29) is 5.78 Å². The van der Waals surface area contributed by atoms with E-state index in [1.807, 2.05) is 13.1 Å². The fraction of sp³-hybridized carbons (Fsp3) is 0.765. The van der Waals surface area contributed by atoms with Crippen LogP contribution in [0.2, 0.25) is 0 Å². The van der Waals surface area contributed by atoms with Crippen LogP contribution in [-0.2, 0) is 22.5 Å². The van der Waals surface area contributed by atoms with Crippen molar-refractivity contribution in [3.8, 4) is 0 Å².